The number of amides is 1. The van der Waals surface area contributed by atoms with Crippen molar-refractivity contribution >= 4 is 11.9 Å². The van der Waals surface area contributed by atoms with E-state index in [0.717, 1.165) is 6.07 Å². The normalized spacial score (nSPS) is 10.4. The number of aromatic carboxylic acids is 1. The van der Waals surface area contributed by atoms with Crippen LogP contribution in [0.1, 0.15) is 24.2 Å². The summed E-state index contributed by atoms with van der Waals surface area (Å²) in [7, 11) is 0. The molecule has 0 atom stereocenters. The van der Waals surface area contributed by atoms with Gasteiger partial charge in [-0.05, 0) is 5.92 Å². The van der Waals surface area contributed by atoms with Crippen LogP contribution in [0.25, 0.3) is 0 Å². The monoisotopic (exact) mass is 252 g/mol. The molecule has 0 aliphatic rings. The van der Waals surface area contributed by atoms with Gasteiger partial charge in [0.2, 0.25) is 5.91 Å². The van der Waals surface area contributed by atoms with E-state index < -0.39 is 11.4 Å². The van der Waals surface area contributed by atoms with Gasteiger partial charge in [0, 0.05) is 25.0 Å². The fourth-order valence-corrected chi connectivity index (χ4v) is 1.32. The number of carbonyl (C=O) groups is 2. The number of aromatic nitrogens is 1. The van der Waals surface area contributed by atoms with Gasteiger partial charge in [0.05, 0.1) is 0 Å². The van der Waals surface area contributed by atoms with E-state index in [-0.39, 0.29) is 18.0 Å². The Morgan fingerprint density at radius 1 is 1.44 bits per heavy atom. The van der Waals surface area contributed by atoms with Crippen LogP contribution in [0.3, 0.4) is 0 Å². The Morgan fingerprint density at radius 3 is 2.67 bits per heavy atom. The second-order valence-electron chi connectivity index (χ2n) is 4.40. The highest BCUT2D eigenvalue weighted by Gasteiger charge is 2.09. The third kappa shape index (κ3) is 4.04. The SMILES string of the molecule is CC(C)CNC(=O)Cn1ccc(=O)c(C(=O)O)c1. The van der Waals surface area contributed by atoms with E-state index in [1.54, 1.807) is 0 Å². The molecule has 1 amide bonds. The molecule has 0 unspecified atom stereocenters. The Morgan fingerprint density at radius 2 is 2.11 bits per heavy atom. The van der Waals surface area contributed by atoms with Gasteiger partial charge in [0.1, 0.15) is 12.1 Å². The van der Waals surface area contributed by atoms with E-state index in [0.29, 0.717) is 12.5 Å². The highest BCUT2D eigenvalue weighted by molar-refractivity contribution is 5.87. The van der Waals surface area contributed by atoms with Crippen LogP contribution in [0.15, 0.2) is 23.3 Å². The highest BCUT2D eigenvalue weighted by atomic mass is 16.4. The summed E-state index contributed by atoms with van der Waals surface area (Å²) in [6.45, 7) is 4.50. The minimum atomic E-state index is -1.29. The molecule has 6 nitrogen and oxygen atoms in total. The average molecular weight is 252 g/mol. The lowest BCUT2D eigenvalue weighted by Gasteiger charge is -2.09. The molecule has 1 aromatic heterocycles. The second kappa shape index (κ2) is 6.00. The lowest BCUT2D eigenvalue weighted by Crippen LogP contribution is -2.31. The predicted molar refractivity (Wildman–Crippen MR) is 65.5 cm³/mol. The average Bonchev–Trinajstić information content (AvgIpc) is 2.28. The fourth-order valence-electron chi connectivity index (χ4n) is 1.32. The lowest BCUT2D eigenvalue weighted by molar-refractivity contribution is -0.121. The van der Waals surface area contributed by atoms with E-state index in [1.807, 2.05) is 13.8 Å². The van der Waals surface area contributed by atoms with Crippen molar-refractivity contribution < 1.29 is 14.7 Å². The van der Waals surface area contributed by atoms with Gasteiger partial charge in [-0.15, -0.1) is 0 Å². The summed E-state index contributed by atoms with van der Waals surface area (Å²) in [5.74, 6) is -1.17. The smallest absolute Gasteiger partial charge is 0.341 e. The first kappa shape index (κ1) is 14.0. The molecule has 0 spiro atoms. The molecular formula is C12H16N2O4. The topological polar surface area (TPSA) is 88.4 Å². The summed E-state index contributed by atoms with van der Waals surface area (Å²) in [4.78, 5) is 33.5. The molecule has 0 aromatic carbocycles. The maximum atomic E-state index is 11.5. The van der Waals surface area contributed by atoms with Gasteiger partial charge in [0.25, 0.3) is 0 Å². The standard InChI is InChI=1S/C12H16N2O4/c1-8(2)5-13-11(16)7-14-4-3-10(15)9(6-14)12(17)18/h3-4,6,8H,5,7H2,1-2H3,(H,13,16)(H,17,18). The quantitative estimate of drug-likeness (QED) is 0.789. The van der Waals surface area contributed by atoms with Crippen molar-refractivity contribution in [1.82, 2.24) is 9.88 Å². The molecule has 0 saturated heterocycles. The molecule has 1 rings (SSSR count). The van der Waals surface area contributed by atoms with Crippen molar-refractivity contribution in [2.45, 2.75) is 20.4 Å². The summed E-state index contributed by atoms with van der Waals surface area (Å²) >= 11 is 0. The maximum Gasteiger partial charge on any atom is 0.341 e. The van der Waals surface area contributed by atoms with Crippen molar-refractivity contribution in [3.8, 4) is 0 Å². The van der Waals surface area contributed by atoms with Gasteiger partial charge >= 0.3 is 5.97 Å². The zero-order chi connectivity index (χ0) is 13.7. The first-order valence-electron chi connectivity index (χ1n) is 5.60. The fraction of sp³-hybridized carbons (Fsp3) is 0.417. The molecule has 0 saturated carbocycles. The van der Waals surface area contributed by atoms with Crippen molar-refractivity contribution in [2.24, 2.45) is 5.92 Å². The molecule has 6 heteroatoms. The van der Waals surface area contributed by atoms with Crippen LogP contribution in [0.5, 0.6) is 0 Å². The molecule has 0 bridgehead atoms. The van der Waals surface area contributed by atoms with Crippen LogP contribution in [0, 0.1) is 5.92 Å². The number of carboxylic acid groups (broad SMARTS) is 1. The lowest BCUT2D eigenvalue weighted by atomic mass is 10.2. The van der Waals surface area contributed by atoms with E-state index in [9.17, 15) is 14.4 Å². The van der Waals surface area contributed by atoms with Gasteiger partial charge in [-0.25, -0.2) is 4.79 Å². The second-order valence-corrected chi connectivity index (χ2v) is 4.40. The van der Waals surface area contributed by atoms with Crippen molar-refractivity contribution in [3.63, 3.8) is 0 Å². The third-order valence-corrected chi connectivity index (χ3v) is 2.24. The zero-order valence-electron chi connectivity index (χ0n) is 10.3. The van der Waals surface area contributed by atoms with E-state index in [1.165, 1.54) is 17.0 Å². The van der Waals surface area contributed by atoms with E-state index >= 15 is 0 Å². The zero-order valence-corrected chi connectivity index (χ0v) is 10.3. The maximum absolute atomic E-state index is 11.5. The number of hydrogen-bond donors (Lipinski definition) is 2. The summed E-state index contributed by atoms with van der Waals surface area (Å²) in [6.07, 6.45) is 2.56. The molecule has 1 heterocycles. The first-order valence-corrected chi connectivity index (χ1v) is 5.60. The van der Waals surface area contributed by atoms with Crippen LogP contribution < -0.4 is 10.7 Å². The van der Waals surface area contributed by atoms with Crippen molar-refractivity contribution in [1.29, 1.82) is 0 Å². The molecular weight excluding hydrogens is 236 g/mol. The van der Waals surface area contributed by atoms with Crippen LogP contribution in [-0.4, -0.2) is 28.1 Å². The van der Waals surface area contributed by atoms with Gasteiger partial charge in [-0.2, -0.15) is 0 Å². The molecule has 0 aliphatic carbocycles. The summed E-state index contributed by atoms with van der Waals surface area (Å²) in [5.41, 5.74) is -0.907. The third-order valence-electron chi connectivity index (χ3n) is 2.24. The number of carbonyl (C=O) groups excluding carboxylic acids is 1. The molecule has 2 N–H and O–H groups in total. The number of rotatable bonds is 5. The summed E-state index contributed by atoms with van der Waals surface area (Å²) < 4.78 is 1.38. The molecule has 1 aromatic rings. The van der Waals surface area contributed by atoms with E-state index in [2.05, 4.69) is 5.32 Å². The minimum Gasteiger partial charge on any atom is -0.477 e. The molecule has 0 radical (unpaired) electrons. The van der Waals surface area contributed by atoms with Gasteiger partial charge in [-0.1, -0.05) is 13.8 Å². The Bertz CT molecular complexity index is 505. The number of nitrogens with one attached hydrogen (secondary N) is 1. The minimum absolute atomic E-state index is 0.00667. The summed E-state index contributed by atoms with van der Waals surface area (Å²) in [5, 5.41) is 11.5. The van der Waals surface area contributed by atoms with Crippen LogP contribution >= 0.6 is 0 Å². The molecule has 0 fully saturated rings. The number of hydrogen-bond acceptors (Lipinski definition) is 3. The Labute approximate surface area is 104 Å². The summed E-state index contributed by atoms with van der Waals surface area (Å²) in [6, 6.07) is 1.14. The van der Waals surface area contributed by atoms with Gasteiger partial charge < -0.3 is 15.0 Å². The first-order chi connectivity index (χ1) is 8.40. The van der Waals surface area contributed by atoms with Crippen LogP contribution in [0.4, 0.5) is 0 Å². The molecule has 18 heavy (non-hydrogen) atoms. The Hall–Kier alpha value is -2.11. The van der Waals surface area contributed by atoms with Gasteiger partial charge in [-0.3, -0.25) is 9.59 Å². The largest absolute Gasteiger partial charge is 0.477 e. The highest BCUT2D eigenvalue weighted by Crippen LogP contribution is 1.94. The van der Waals surface area contributed by atoms with Crippen molar-refractivity contribution in [3.05, 3.63) is 34.2 Å². The van der Waals surface area contributed by atoms with Gasteiger partial charge in [0.15, 0.2) is 5.43 Å². The van der Waals surface area contributed by atoms with E-state index in [4.69, 9.17) is 5.11 Å². The number of pyridine rings is 1. The number of carboxylic acids is 1. The molecule has 98 valence electrons. The van der Waals surface area contributed by atoms with Crippen molar-refractivity contribution in [2.75, 3.05) is 6.54 Å². The van der Waals surface area contributed by atoms with Crippen LogP contribution in [-0.2, 0) is 11.3 Å². The Kier molecular flexibility index (Phi) is 4.65. The Balaban J connectivity index is 2.74. The molecule has 0 aliphatic heterocycles. The number of nitrogens with zero attached hydrogens (tertiary/aromatic N) is 1. The predicted octanol–water partition coefficient (Wildman–Crippen LogP) is 0.319. The van der Waals surface area contributed by atoms with Crippen LogP contribution in [0.2, 0.25) is 0 Å².